The zero-order valence-corrected chi connectivity index (χ0v) is 19.2. The highest BCUT2D eigenvalue weighted by Gasteiger charge is 2.29. The van der Waals surface area contributed by atoms with Crippen LogP contribution >= 0.6 is 0 Å². The number of nitrogens with zero attached hydrogens (tertiary/aromatic N) is 2. The third-order valence-corrected chi connectivity index (χ3v) is 6.97. The molecule has 1 heterocycles. The molecule has 2 aromatic rings. The smallest absolute Gasteiger partial charge is 0.338 e. The van der Waals surface area contributed by atoms with Crippen LogP contribution in [0.4, 0.5) is 0 Å². The molecule has 0 radical (unpaired) electrons. The molecule has 1 saturated heterocycles. The largest absolute Gasteiger partial charge is 0.452 e. The Labute approximate surface area is 189 Å². The van der Waals surface area contributed by atoms with Crippen molar-refractivity contribution in [1.29, 1.82) is 0 Å². The molecule has 2 aromatic carbocycles. The second-order valence-electron chi connectivity index (χ2n) is 7.99. The van der Waals surface area contributed by atoms with E-state index >= 15 is 0 Å². The van der Waals surface area contributed by atoms with Crippen LogP contribution in [0.1, 0.15) is 29.8 Å². The molecule has 0 saturated carbocycles. The van der Waals surface area contributed by atoms with E-state index in [1.807, 2.05) is 18.2 Å². The highest BCUT2D eigenvalue weighted by molar-refractivity contribution is 7.89. The molecule has 1 fully saturated rings. The minimum absolute atomic E-state index is 0.0371. The van der Waals surface area contributed by atoms with E-state index in [0.717, 1.165) is 6.54 Å². The number of hydrogen-bond donors (Lipinski definition) is 1. The fourth-order valence-electron chi connectivity index (χ4n) is 3.48. The topological polar surface area (TPSA) is 96.0 Å². The van der Waals surface area contributed by atoms with Crippen LogP contribution in [-0.4, -0.2) is 68.3 Å². The van der Waals surface area contributed by atoms with Crippen molar-refractivity contribution in [2.75, 3.05) is 32.8 Å². The molecule has 3 rings (SSSR count). The summed E-state index contributed by atoms with van der Waals surface area (Å²) in [5.41, 5.74) is 1.28. The molecule has 0 atom stereocenters. The number of rotatable bonds is 8. The van der Waals surface area contributed by atoms with E-state index in [-0.39, 0.29) is 16.5 Å². The fourth-order valence-corrected chi connectivity index (χ4v) is 4.95. The van der Waals surface area contributed by atoms with E-state index in [0.29, 0.717) is 26.2 Å². The summed E-state index contributed by atoms with van der Waals surface area (Å²) in [7, 11) is -3.74. The van der Waals surface area contributed by atoms with Gasteiger partial charge in [0, 0.05) is 38.8 Å². The van der Waals surface area contributed by atoms with Crippen molar-refractivity contribution in [3.8, 4) is 0 Å². The van der Waals surface area contributed by atoms with Crippen LogP contribution in [0.15, 0.2) is 59.5 Å². The van der Waals surface area contributed by atoms with Crippen LogP contribution < -0.4 is 5.32 Å². The maximum absolute atomic E-state index is 13.1. The van der Waals surface area contributed by atoms with E-state index in [1.165, 1.54) is 34.1 Å². The van der Waals surface area contributed by atoms with Crippen LogP contribution in [0.3, 0.4) is 0 Å². The molecule has 172 valence electrons. The lowest BCUT2D eigenvalue weighted by molar-refractivity contribution is -0.124. The Morgan fingerprint density at radius 1 is 1.00 bits per heavy atom. The van der Waals surface area contributed by atoms with Gasteiger partial charge in [0.1, 0.15) is 0 Å². The molecular formula is C23H29N3O5S. The number of hydrogen-bond acceptors (Lipinski definition) is 6. The predicted molar refractivity (Wildman–Crippen MR) is 120 cm³/mol. The average molecular weight is 460 g/mol. The first kappa shape index (κ1) is 23.9. The van der Waals surface area contributed by atoms with Gasteiger partial charge in [0.2, 0.25) is 10.0 Å². The summed E-state index contributed by atoms with van der Waals surface area (Å²) in [5.74, 6) is -1.15. The molecule has 32 heavy (non-hydrogen) atoms. The third kappa shape index (κ3) is 6.38. The highest BCUT2D eigenvalue weighted by Crippen LogP contribution is 2.20. The SMILES string of the molecule is CC(C)NC(=O)COC(=O)c1cccc(S(=O)(=O)N2CCN(Cc3ccccc3)CC2)c1. The molecule has 1 aliphatic rings. The summed E-state index contributed by atoms with van der Waals surface area (Å²) in [6.45, 7) is 5.96. The van der Waals surface area contributed by atoms with Crippen LogP contribution in [-0.2, 0) is 26.1 Å². The average Bonchev–Trinajstić information content (AvgIpc) is 2.78. The van der Waals surface area contributed by atoms with E-state index < -0.39 is 28.5 Å². The van der Waals surface area contributed by atoms with Gasteiger partial charge in [0.05, 0.1) is 10.5 Å². The monoisotopic (exact) mass is 459 g/mol. The number of sulfonamides is 1. The van der Waals surface area contributed by atoms with Crippen molar-refractivity contribution in [2.45, 2.75) is 31.3 Å². The lowest BCUT2D eigenvalue weighted by atomic mass is 10.2. The molecule has 9 heteroatoms. The number of nitrogens with one attached hydrogen (secondary N) is 1. The molecule has 0 aliphatic carbocycles. The van der Waals surface area contributed by atoms with Crippen LogP contribution in [0.2, 0.25) is 0 Å². The quantitative estimate of drug-likeness (QED) is 0.606. The molecule has 0 bridgehead atoms. The summed E-state index contributed by atoms with van der Waals surface area (Å²) >= 11 is 0. The maximum Gasteiger partial charge on any atom is 0.338 e. The van der Waals surface area contributed by atoms with Crippen LogP contribution in [0.25, 0.3) is 0 Å². The first-order chi connectivity index (χ1) is 15.3. The van der Waals surface area contributed by atoms with E-state index in [4.69, 9.17) is 4.74 Å². The molecule has 0 aromatic heterocycles. The predicted octanol–water partition coefficient (Wildman–Crippen LogP) is 1.87. The van der Waals surface area contributed by atoms with E-state index in [9.17, 15) is 18.0 Å². The van der Waals surface area contributed by atoms with Crippen molar-refractivity contribution in [2.24, 2.45) is 0 Å². The summed E-state index contributed by atoms with van der Waals surface area (Å²) in [5, 5.41) is 2.62. The Morgan fingerprint density at radius 3 is 2.34 bits per heavy atom. The number of amides is 1. The number of ether oxygens (including phenoxy) is 1. The van der Waals surface area contributed by atoms with Gasteiger partial charge in [0.25, 0.3) is 5.91 Å². The Bertz CT molecular complexity index is 1030. The molecule has 0 unspecified atom stereocenters. The minimum Gasteiger partial charge on any atom is -0.452 e. The second kappa shape index (κ2) is 10.7. The van der Waals surface area contributed by atoms with E-state index in [1.54, 1.807) is 13.8 Å². The zero-order chi connectivity index (χ0) is 23.1. The fraction of sp³-hybridized carbons (Fsp3) is 0.391. The summed E-state index contributed by atoms with van der Waals surface area (Å²) < 4.78 is 32.7. The Hall–Kier alpha value is -2.75. The summed E-state index contributed by atoms with van der Waals surface area (Å²) in [6, 6.07) is 15.7. The normalized spacial score (nSPS) is 15.5. The van der Waals surface area contributed by atoms with Crippen LogP contribution in [0, 0.1) is 0 Å². The minimum atomic E-state index is -3.74. The van der Waals surface area contributed by atoms with Gasteiger partial charge in [-0.25, -0.2) is 13.2 Å². The zero-order valence-electron chi connectivity index (χ0n) is 18.4. The Kier molecular flexibility index (Phi) is 8.00. The van der Waals surface area contributed by atoms with Crippen molar-refractivity contribution in [1.82, 2.24) is 14.5 Å². The number of esters is 1. The van der Waals surface area contributed by atoms with E-state index in [2.05, 4.69) is 22.3 Å². The van der Waals surface area contributed by atoms with Crippen molar-refractivity contribution in [3.63, 3.8) is 0 Å². The van der Waals surface area contributed by atoms with Gasteiger partial charge < -0.3 is 10.1 Å². The van der Waals surface area contributed by atoms with Gasteiger partial charge >= 0.3 is 5.97 Å². The number of benzene rings is 2. The molecule has 1 aliphatic heterocycles. The van der Waals surface area contributed by atoms with Crippen molar-refractivity contribution >= 4 is 21.9 Å². The standard InChI is InChI=1S/C23H29N3O5S/c1-18(2)24-22(27)17-31-23(28)20-9-6-10-21(15-20)32(29,30)26-13-11-25(12-14-26)16-19-7-4-3-5-8-19/h3-10,15,18H,11-14,16-17H2,1-2H3,(H,24,27). The number of carbonyl (C=O) groups is 2. The molecule has 1 N–H and O–H groups in total. The molecule has 1 amide bonds. The molecule has 8 nitrogen and oxygen atoms in total. The van der Waals surface area contributed by atoms with Crippen molar-refractivity contribution < 1.29 is 22.7 Å². The molecule has 0 spiro atoms. The second-order valence-corrected chi connectivity index (χ2v) is 9.93. The maximum atomic E-state index is 13.1. The lowest BCUT2D eigenvalue weighted by Gasteiger charge is -2.34. The summed E-state index contributed by atoms with van der Waals surface area (Å²) in [6.07, 6.45) is 0. The van der Waals surface area contributed by atoms with Gasteiger partial charge in [-0.1, -0.05) is 36.4 Å². The Morgan fingerprint density at radius 2 is 1.69 bits per heavy atom. The van der Waals surface area contributed by atoms with Gasteiger partial charge in [0.15, 0.2) is 6.61 Å². The van der Waals surface area contributed by atoms with Gasteiger partial charge in [-0.3, -0.25) is 9.69 Å². The van der Waals surface area contributed by atoms with Crippen molar-refractivity contribution in [3.05, 3.63) is 65.7 Å². The first-order valence-corrected chi connectivity index (χ1v) is 12.0. The Balaban J connectivity index is 1.60. The van der Waals surface area contributed by atoms with Gasteiger partial charge in [-0.05, 0) is 37.6 Å². The lowest BCUT2D eigenvalue weighted by Crippen LogP contribution is -2.48. The summed E-state index contributed by atoms with van der Waals surface area (Å²) in [4.78, 5) is 26.2. The highest BCUT2D eigenvalue weighted by atomic mass is 32.2. The molecular weight excluding hydrogens is 430 g/mol. The number of piperazine rings is 1. The van der Waals surface area contributed by atoms with Crippen LogP contribution in [0.5, 0.6) is 0 Å². The third-order valence-electron chi connectivity index (χ3n) is 5.07. The van der Waals surface area contributed by atoms with Gasteiger partial charge in [-0.15, -0.1) is 0 Å². The van der Waals surface area contributed by atoms with Gasteiger partial charge in [-0.2, -0.15) is 4.31 Å². The number of carbonyl (C=O) groups excluding carboxylic acids is 2. The first-order valence-electron chi connectivity index (χ1n) is 10.6.